The Hall–Kier alpha value is -0.910. The van der Waals surface area contributed by atoms with E-state index in [2.05, 4.69) is 21.2 Å². The van der Waals surface area contributed by atoms with Gasteiger partial charge in [0.15, 0.2) is 12.6 Å². The van der Waals surface area contributed by atoms with E-state index in [9.17, 15) is 4.79 Å². The normalized spacial score (nSPS) is 10.5. The van der Waals surface area contributed by atoms with Gasteiger partial charge in [-0.2, -0.15) is 0 Å². The Morgan fingerprint density at radius 2 is 2.12 bits per heavy atom. The third-order valence-corrected chi connectivity index (χ3v) is 2.62. The first kappa shape index (κ1) is 13.2. The van der Waals surface area contributed by atoms with E-state index in [1.54, 1.807) is 20.3 Å². The largest absolute Gasteiger partial charge is 0.379 e. The molecule has 0 saturated heterocycles. The molecule has 1 aromatic rings. The summed E-state index contributed by atoms with van der Waals surface area (Å²) in [6, 6.07) is 5.40. The first-order chi connectivity index (χ1) is 7.71. The molecule has 0 aliphatic heterocycles. The van der Waals surface area contributed by atoms with Crippen molar-refractivity contribution in [3.05, 3.63) is 28.2 Å². The van der Waals surface area contributed by atoms with E-state index in [0.717, 1.165) is 16.4 Å². The maximum atomic E-state index is 10.8. The Bertz CT molecular complexity index is 353. The fourth-order valence-electron chi connectivity index (χ4n) is 1.24. The zero-order valence-electron chi connectivity index (χ0n) is 9.20. The minimum absolute atomic E-state index is 0.335. The molecule has 88 valence electrons. The third-order valence-electron chi connectivity index (χ3n) is 2.13. The zero-order valence-corrected chi connectivity index (χ0v) is 10.8. The van der Waals surface area contributed by atoms with Gasteiger partial charge < -0.3 is 14.8 Å². The van der Waals surface area contributed by atoms with Gasteiger partial charge in [0.05, 0.1) is 6.54 Å². The van der Waals surface area contributed by atoms with Crippen LogP contribution in [-0.2, 0) is 9.47 Å². The number of benzene rings is 1. The summed E-state index contributed by atoms with van der Waals surface area (Å²) >= 11 is 3.35. The van der Waals surface area contributed by atoms with Crippen molar-refractivity contribution in [2.24, 2.45) is 0 Å². The first-order valence-electron chi connectivity index (χ1n) is 4.75. The van der Waals surface area contributed by atoms with Crippen molar-refractivity contribution in [1.82, 2.24) is 0 Å². The summed E-state index contributed by atoms with van der Waals surface area (Å²) in [6.45, 7) is 0.476. The third kappa shape index (κ3) is 3.59. The number of hydrogen-bond donors (Lipinski definition) is 1. The maximum Gasteiger partial charge on any atom is 0.173 e. The first-order valence-corrected chi connectivity index (χ1v) is 5.54. The second-order valence-electron chi connectivity index (χ2n) is 3.13. The highest BCUT2D eigenvalue weighted by Gasteiger charge is 2.07. The lowest BCUT2D eigenvalue weighted by molar-refractivity contribution is -0.0914. The van der Waals surface area contributed by atoms with Gasteiger partial charge in [-0.15, -0.1) is 0 Å². The molecule has 1 N–H and O–H groups in total. The van der Waals surface area contributed by atoms with Crippen molar-refractivity contribution in [2.45, 2.75) is 6.29 Å². The van der Waals surface area contributed by atoms with Crippen molar-refractivity contribution < 1.29 is 14.3 Å². The number of rotatable bonds is 6. The molecule has 5 heteroatoms. The fraction of sp³-hybridized carbons (Fsp3) is 0.364. The average Bonchev–Trinajstić information content (AvgIpc) is 2.30. The summed E-state index contributed by atoms with van der Waals surface area (Å²) in [7, 11) is 3.13. The Balaban J connectivity index is 2.71. The van der Waals surface area contributed by atoms with Gasteiger partial charge in [-0.1, -0.05) is 15.9 Å². The van der Waals surface area contributed by atoms with Crippen LogP contribution >= 0.6 is 15.9 Å². The van der Waals surface area contributed by atoms with E-state index in [1.807, 2.05) is 12.1 Å². The molecule has 1 rings (SSSR count). The monoisotopic (exact) mass is 287 g/mol. The lowest BCUT2D eigenvalue weighted by Crippen LogP contribution is -2.24. The van der Waals surface area contributed by atoms with E-state index in [0.29, 0.717) is 12.1 Å². The standard InChI is InChI=1S/C11H14BrNO3/c1-15-11(16-2)6-13-10-5-9(12)4-3-8(10)7-14/h3-5,7,11,13H,6H2,1-2H3. The minimum atomic E-state index is -0.335. The smallest absolute Gasteiger partial charge is 0.173 e. The van der Waals surface area contributed by atoms with Crippen molar-refractivity contribution in [1.29, 1.82) is 0 Å². The van der Waals surface area contributed by atoms with E-state index in [-0.39, 0.29) is 6.29 Å². The molecule has 0 fully saturated rings. The van der Waals surface area contributed by atoms with Gasteiger partial charge in [0.25, 0.3) is 0 Å². The summed E-state index contributed by atoms with van der Waals surface area (Å²) in [5, 5.41) is 3.10. The van der Waals surface area contributed by atoms with Crippen LogP contribution in [0.2, 0.25) is 0 Å². The molecule has 0 aromatic heterocycles. The molecule has 0 heterocycles. The molecule has 0 radical (unpaired) electrons. The summed E-state index contributed by atoms with van der Waals surface area (Å²) in [5.74, 6) is 0. The van der Waals surface area contributed by atoms with Gasteiger partial charge in [0, 0.05) is 29.9 Å². The average molecular weight is 288 g/mol. The van der Waals surface area contributed by atoms with Crippen LogP contribution in [0.25, 0.3) is 0 Å². The Morgan fingerprint density at radius 3 is 2.69 bits per heavy atom. The van der Waals surface area contributed by atoms with Crippen LogP contribution in [0.4, 0.5) is 5.69 Å². The van der Waals surface area contributed by atoms with Gasteiger partial charge in [0.2, 0.25) is 0 Å². The lowest BCUT2D eigenvalue weighted by atomic mass is 10.2. The van der Waals surface area contributed by atoms with E-state index < -0.39 is 0 Å². The quantitative estimate of drug-likeness (QED) is 0.644. The predicted octanol–water partition coefficient (Wildman–Crippen LogP) is 2.29. The van der Waals surface area contributed by atoms with Crippen LogP contribution < -0.4 is 5.32 Å². The Labute approximate surface area is 103 Å². The van der Waals surface area contributed by atoms with Crippen LogP contribution in [0.1, 0.15) is 10.4 Å². The summed E-state index contributed by atoms with van der Waals surface area (Å²) in [6.07, 6.45) is 0.474. The number of anilines is 1. The number of methoxy groups -OCH3 is 2. The molecule has 0 aliphatic rings. The van der Waals surface area contributed by atoms with Crippen LogP contribution in [0, 0.1) is 0 Å². The molecule has 0 amide bonds. The van der Waals surface area contributed by atoms with Crippen molar-refractivity contribution in [3.63, 3.8) is 0 Å². The highest BCUT2D eigenvalue weighted by Crippen LogP contribution is 2.20. The van der Waals surface area contributed by atoms with E-state index >= 15 is 0 Å². The number of carbonyl (C=O) groups excluding carboxylic acids is 1. The summed E-state index contributed by atoms with van der Waals surface area (Å²) in [4.78, 5) is 10.8. The SMILES string of the molecule is COC(CNc1cc(Br)ccc1C=O)OC. The van der Waals surface area contributed by atoms with E-state index in [1.165, 1.54) is 0 Å². The number of halogens is 1. The van der Waals surface area contributed by atoms with E-state index in [4.69, 9.17) is 9.47 Å². The molecule has 0 saturated carbocycles. The molecule has 0 unspecified atom stereocenters. The molecule has 0 aliphatic carbocycles. The van der Waals surface area contributed by atoms with Gasteiger partial charge in [-0.3, -0.25) is 4.79 Å². The molecule has 4 nitrogen and oxygen atoms in total. The second-order valence-corrected chi connectivity index (χ2v) is 4.05. The predicted molar refractivity (Wildman–Crippen MR) is 65.8 cm³/mol. The molecule has 0 bridgehead atoms. The summed E-state index contributed by atoms with van der Waals surface area (Å²) < 4.78 is 11.0. The number of nitrogens with one attached hydrogen (secondary N) is 1. The van der Waals surface area contributed by atoms with Crippen LogP contribution in [0.5, 0.6) is 0 Å². The zero-order chi connectivity index (χ0) is 12.0. The van der Waals surface area contributed by atoms with Crippen LogP contribution in [-0.4, -0.2) is 33.3 Å². The molecular formula is C11H14BrNO3. The van der Waals surface area contributed by atoms with Crippen molar-refractivity contribution in [2.75, 3.05) is 26.1 Å². The maximum absolute atomic E-state index is 10.8. The van der Waals surface area contributed by atoms with Gasteiger partial charge >= 0.3 is 0 Å². The number of hydrogen-bond acceptors (Lipinski definition) is 4. The highest BCUT2D eigenvalue weighted by atomic mass is 79.9. The van der Waals surface area contributed by atoms with Crippen LogP contribution in [0.15, 0.2) is 22.7 Å². The number of aldehydes is 1. The topological polar surface area (TPSA) is 47.6 Å². The molecular weight excluding hydrogens is 274 g/mol. The highest BCUT2D eigenvalue weighted by molar-refractivity contribution is 9.10. The van der Waals surface area contributed by atoms with Crippen LogP contribution in [0.3, 0.4) is 0 Å². The van der Waals surface area contributed by atoms with Gasteiger partial charge in [-0.05, 0) is 18.2 Å². The number of carbonyl (C=O) groups is 1. The minimum Gasteiger partial charge on any atom is -0.379 e. The Kier molecular flexibility index (Phi) is 5.45. The summed E-state index contributed by atoms with van der Waals surface area (Å²) in [5.41, 5.74) is 1.36. The van der Waals surface area contributed by atoms with Crippen molar-refractivity contribution in [3.8, 4) is 0 Å². The fourth-order valence-corrected chi connectivity index (χ4v) is 1.60. The molecule has 16 heavy (non-hydrogen) atoms. The number of ether oxygens (including phenoxy) is 2. The van der Waals surface area contributed by atoms with Gasteiger partial charge in [0.1, 0.15) is 0 Å². The van der Waals surface area contributed by atoms with Gasteiger partial charge in [-0.25, -0.2) is 0 Å². The molecule has 0 spiro atoms. The second kappa shape index (κ2) is 6.62. The van der Waals surface area contributed by atoms with Crippen molar-refractivity contribution >= 4 is 27.9 Å². The lowest BCUT2D eigenvalue weighted by Gasteiger charge is -2.16. The Morgan fingerprint density at radius 1 is 1.44 bits per heavy atom. The molecule has 1 aromatic carbocycles. The molecule has 0 atom stereocenters.